The molecule has 0 fully saturated rings. The number of H-pyrrole nitrogens is 1. The SMILES string of the molecule is CC1C(=O)Nc2ccc(S(=O)(=O)Nc3ncc[nH]3)cc21. The first-order valence-electron chi connectivity index (χ1n) is 5.94. The van der Waals surface area contributed by atoms with Crippen molar-refractivity contribution in [2.24, 2.45) is 0 Å². The molecule has 2 heterocycles. The van der Waals surface area contributed by atoms with E-state index in [9.17, 15) is 13.2 Å². The molecule has 1 amide bonds. The molecule has 7 nitrogen and oxygen atoms in total. The Kier molecular flexibility index (Phi) is 2.75. The number of anilines is 2. The van der Waals surface area contributed by atoms with Crippen LogP contribution in [0.3, 0.4) is 0 Å². The molecule has 0 aliphatic carbocycles. The number of fused-ring (bicyclic) bond motifs is 1. The Bertz CT molecular complexity index is 768. The van der Waals surface area contributed by atoms with Gasteiger partial charge in [0.2, 0.25) is 11.9 Å². The third kappa shape index (κ3) is 2.03. The summed E-state index contributed by atoms with van der Waals surface area (Å²) in [4.78, 5) is 18.1. The van der Waals surface area contributed by atoms with Gasteiger partial charge in [0, 0.05) is 18.1 Å². The van der Waals surface area contributed by atoms with Gasteiger partial charge in [0.05, 0.1) is 10.8 Å². The second-order valence-electron chi connectivity index (χ2n) is 4.50. The van der Waals surface area contributed by atoms with Gasteiger partial charge in [-0.3, -0.25) is 4.79 Å². The van der Waals surface area contributed by atoms with Gasteiger partial charge >= 0.3 is 0 Å². The molecule has 1 atom stereocenters. The van der Waals surface area contributed by atoms with Gasteiger partial charge in [-0.05, 0) is 30.7 Å². The average Bonchev–Trinajstić information content (AvgIpc) is 2.98. The van der Waals surface area contributed by atoms with E-state index in [0.717, 1.165) is 0 Å². The number of imidazole rings is 1. The van der Waals surface area contributed by atoms with Crippen molar-refractivity contribution in [1.82, 2.24) is 9.97 Å². The topological polar surface area (TPSA) is 104 Å². The Balaban J connectivity index is 1.97. The Morgan fingerprint density at radius 2 is 2.15 bits per heavy atom. The van der Waals surface area contributed by atoms with Crippen molar-refractivity contribution in [3.63, 3.8) is 0 Å². The van der Waals surface area contributed by atoms with E-state index in [0.29, 0.717) is 11.3 Å². The fourth-order valence-corrected chi connectivity index (χ4v) is 3.08. The number of aromatic nitrogens is 2. The Hall–Kier alpha value is -2.35. The highest BCUT2D eigenvalue weighted by Crippen LogP contribution is 2.33. The molecular weight excluding hydrogens is 280 g/mol. The van der Waals surface area contributed by atoms with Crippen molar-refractivity contribution < 1.29 is 13.2 Å². The summed E-state index contributed by atoms with van der Waals surface area (Å²) in [5.41, 5.74) is 1.33. The molecule has 0 saturated heterocycles. The maximum Gasteiger partial charge on any atom is 0.264 e. The van der Waals surface area contributed by atoms with Crippen molar-refractivity contribution in [3.8, 4) is 0 Å². The maximum absolute atomic E-state index is 12.2. The molecular formula is C12H12N4O3S. The molecule has 0 saturated carbocycles. The van der Waals surface area contributed by atoms with Crippen LogP contribution in [0.25, 0.3) is 0 Å². The summed E-state index contributed by atoms with van der Waals surface area (Å²) in [6.45, 7) is 1.73. The molecule has 1 aliphatic heterocycles. The van der Waals surface area contributed by atoms with Crippen LogP contribution in [0.1, 0.15) is 18.4 Å². The lowest BCUT2D eigenvalue weighted by Gasteiger charge is -2.08. The molecule has 0 spiro atoms. The molecule has 8 heteroatoms. The number of hydrogen-bond acceptors (Lipinski definition) is 4. The molecule has 1 unspecified atom stereocenters. The van der Waals surface area contributed by atoms with Crippen LogP contribution in [0.2, 0.25) is 0 Å². The van der Waals surface area contributed by atoms with Gasteiger partial charge < -0.3 is 10.3 Å². The highest BCUT2D eigenvalue weighted by atomic mass is 32.2. The fourth-order valence-electron chi connectivity index (χ4n) is 2.07. The summed E-state index contributed by atoms with van der Waals surface area (Å²) in [5, 5.41) is 2.70. The lowest BCUT2D eigenvalue weighted by molar-refractivity contribution is -0.116. The molecule has 1 aromatic heterocycles. The van der Waals surface area contributed by atoms with Crippen LogP contribution in [0, 0.1) is 0 Å². The summed E-state index contributed by atoms with van der Waals surface area (Å²) in [6.07, 6.45) is 2.97. The van der Waals surface area contributed by atoms with Crippen molar-refractivity contribution in [2.45, 2.75) is 17.7 Å². The largest absolute Gasteiger partial charge is 0.330 e. The van der Waals surface area contributed by atoms with Crippen LogP contribution in [0.15, 0.2) is 35.5 Å². The maximum atomic E-state index is 12.2. The number of benzene rings is 1. The van der Waals surface area contributed by atoms with Crippen LogP contribution >= 0.6 is 0 Å². The smallest absolute Gasteiger partial charge is 0.264 e. The van der Waals surface area contributed by atoms with Gasteiger partial charge in [-0.2, -0.15) is 0 Å². The van der Waals surface area contributed by atoms with Crippen molar-refractivity contribution in [1.29, 1.82) is 0 Å². The lowest BCUT2D eigenvalue weighted by atomic mass is 10.0. The first-order valence-corrected chi connectivity index (χ1v) is 7.43. The second-order valence-corrected chi connectivity index (χ2v) is 6.19. The molecule has 2 aromatic rings. The summed E-state index contributed by atoms with van der Waals surface area (Å²) in [7, 11) is -3.73. The van der Waals surface area contributed by atoms with E-state index in [2.05, 4.69) is 20.0 Å². The predicted octanol–water partition coefficient (Wildman–Crippen LogP) is 1.27. The van der Waals surface area contributed by atoms with E-state index in [4.69, 9.17) is 0 Å². The zero-order valence-electron chi connectivity index (χ0n) is 10.5. The van der Waals surface area contributed by atoms with Gasteiger partial charge in [-0.1, -0.05) is 0 Å². The van der Waals surface area contributed by atoms with E-state index in [1.807, 2.05) is 0 Å². The molecule has 0 radical (unpaired) electrons. The van der Waals surface area contributed by atoms with E-state index in [1.54, 1.807) is 13.0 Å². The number of sulfonamides is 1. The third-order valence-electron chi connectivity index (χ3n) is 3.18. The molecule has 3 N–H and O–H groups in total. The number of amides is 1. The number of nitrogens with zero attached hydrogens (tertiary/aromatic N) is 1. The normalized spacial score (nSPS) is 17.6. The van der Waals surface area contributed by atoms with Gasteiger partial charge in [-0.25, -0.2) is 18.1 Å². The number of rotatable bonds is 3. The van der Waals surface area contributed by atoms with Crippen LogP contribution in [0.5, 0.6) is 0 Å². The zero-order chi connectivity index (χ0) is 14.3. The first kappa shape index (κ1) is 12.7. The van der Waals surface area contributed by atoms with Crippen molar-refractivity contribution in [3.05, 3.63) is 36.2 Å². The van der Waals surface area contributed by atoms with Crippen LogP contribution in [-0.2, 0) is 14.8 Å². The highest BCUT2D eigenvalue weighted by molar-refractivity contribution is 7.92. The number of aromatic amines is 1. The minimum absolute atomic E-state index is 0.0935. The Morgan fingerprint density at radius 3 is 2.85 bits per heavy atom. The molecule has 1 aliphatic rings. The van der Waals surface area contributed by atoms with E-state index in [-0.39, 0.29) is 22.7 Å². The van der Waals surface area contributed by atoms with Crippen LogP contribution in [0.4, 0.5) is 11.6 Å². The lowest BCUT2D eigenvalue weighted by Crippen LogP contribution is -2.14. The highest BCUT2D eigenvalue weighted by Gasteiger charge is 2.28. The summed E-state index contributed by atoms with van der Waals surface area (Å²) in [6, 6.07) is 4.54. The average molecular weight is 292 g/mol. The minimum atomic E-state index is -3.73. The van der Waals surface area contributed by atoms with E-state index in [1.165, 1.54) is 24.5 Å². The standard InChI is InChI=1S/C12H12N4O3S/c1-7-9-6-8(2-3-10(9)15-11(7)17)20(18,19)16-12-13-4-5-14-12/h2-7H,1H3,(H,15,17)(H2,13,14,16). The van der Waals surface area contributed by atoms with Gasteiger partial charge in [-0.15, -0.1) is 0 Å². The fraction of sp³-hybridized carbons (Fsp3) is 0.167. The van der Waals surface area contributed by atoms with Gasteiger partial charge in [0.25, 0.3) is 10.0 Å². The summed E-state index contributed by atoms with van der Waals surface area (Å²) >= 11 is 0. The number of carbonyl (C=O) groups is 1. The van der Waals surface area contributed by atoms with Gasteiger partial charge in [0.15, 0.2) is 0 Å². The third-order valence-corrected chi connectivity index (χ3v) is 4.52. The molecule has 0 bridgehead atoms. The van der Waals surface area contributed by atoms with E-state index >= 15 is 0 Å². The number of hydrogen-bond donors (Lipinski definition) is 3. The molecule has 20 heavy (non-hydrogen) atoms. The van der Waals surface area contributed by atoms with Crippen molar-refractivity contribution >= 4 is 27.6 Å². The first-order chi connectivity index (χ1) is 9.47. The predicted molar refractivity (Wildman–Crippen MR) is 72.9 cm³/mol. The second kappa shape index (κ2) is 4.34. The summed E-state index contributed by atoms with van der Waals surface area (Å²) < 4.78 is 26.8. The molecule has 104 valence electrons. The quantitative estimate of drug-likeness (QED) is 0.792. The number of nitrogens with one attached hydrogen (secondary N) is 3. The van der Waals surface area contributed by atoms with E-state index < -0.39 is 10.0 Å². The van der Waals surface area contributed by atoms with Crippen LogP contribution in [-0.4, -0.2) is 24.3 Å². The number of carbonyl (C=O) groups excluding carboxylic acids is 1. The summed E-state index contributed by atoms with van der Waals surface area (Å²) in [5.74, 6) is -0.343. The monoisotopic (exact) mass is 292 g/mol. The van der Waals surface area contributed by atoms with Crippen molar-refractivity contribution in [2.75, 3.05) is 10.0 Å². The zero-order valence-corrected chi connectivity index (χ0v) is 11.4. The van der Waals surface area contributed by atoms with Gasteiger partial charge in [0.1, 0.15) is 0 Å². The molecule has 3 rings (SSSR count). The Morgan fingerprint density at radius 1 is 1.35 bits per heavy atom. The minimum Gasteiger partial charge on any atom is -0.330 e. The Labute approximate surface area is 115 Å². The van der Waals surface area contributed by atoms with Crippen LogP contribution < -0.4 is 10.0 Å². The molecule has 1 aromatic carbocycles.